The van der Waals surface area contributed by atoms with Gasteiger partial charge in [-0.2, -0.15) is 0 Å². The lowest BCUT2D eigenvalue weighted by Gasteiger charge is -2.31. The predicted molar refractivity (Wildman–Crippen MR) is 65.8 cm³/mol. The molecule has 15 heavy (non-hydrogen) atoms. The fourth-order valence-corrected chi connectivity index (χ4v) is 1.70. The fourth-order valence-electron chi connectivity index (χ4n) is 1.70. The zero-order valence-electron chi connectivity index (χ0n) is 10.9. The molecule has 0 saturated carbocycles. The minimum atomic E-state index is 0.117. The van der Waals surface area contributed by atoms with E-state index in [0.717, 1.165) is 32.8 Å². The molecule has 0 aromatic rings. The average Bonchev–Trinajstić information content (AvgIpc) is 2.21. The maximum Gasteiger partial charge on any atom is 0.0594 e. The molecule has 0 aliphatic carbocycles. The van der Waals surface area contributed by atoms with Crippen LogP contribution in [0.3, 0.4) is 0 Å². The Kier molecular flexibility index (Phi) is 7.46. The molecule has 1 saturated heterocycles. The maximum absolute atomic E-state index is 5.30. The van der Waals surface area contributed by atoms with Gasteiger partial charge in [0.05, 0.1) is 13.2 Å². The summed E-state index contributed by atoms with van der Waals surface area (Å²) in [6, 6.07) is 0. The predicted octanol–water partition coefficient (Wildman–Crippen LogP) is 2.39. The first-order valence-electron chi connectivity index (χ1n) is 5.88. The smallest absolute Gasteiger partial charge is 0.0594 e. The summed E-state index contributed by atoms with van der Waals surface area (Å²) in [7, 11) is 0. The summed E-state index contributed by atoms with van der Waals surface area (Å²) in [6.45, 7) is 15.2. The van der Waals surface area contributed by atoms with Gasteiger partial charge in [-0.1, -0.05) is 19.8 Å². The molecular formula is C13H25NO. The third-order valence-corrected chi connectivity index (χ3v) is 2.19. The van der Waals surface area contributed by atoms with E-state index in [-0.39, 0.29) is 5.41 Å². The van der Waals surface area contributed by atoms with E-state index >= 15 is 0 Å². The van der Waals surface area contributed by atoms with Crippen molar-refractivity contribution in [3.05, 3.63) is 0 Å². The van der Waals surface area contributed by atoms with Crippen LogP contribution in [0, 0.1) is 17.3 Å². The first-order valence-corrected chi connectivity index (χ1v) is 5.88. The molecule has 1 fully saturated rings. The highest BCUT2D eigenvalue weighted by Crippen LogP contribution is 2.16. The second-order valence-corrected chi connectivity index (χ2v) is 4.15. The van der Waals surface area contributed by atoms with Gasteiger partial charge in [-0.25, -0.2) is 0 Å². The molecule has 2 nitrogen and oxygen atoms in total. The topological polar surface area (TPSA) is 12.5 Å². The van der Waals surface area contributed by atoms with Crippen LogP contribution in [-0.4, -0.2) is 37.7 Å². The van der Waals surface area contributed by atoms with Gasteiger partial charge in [0.2, 0.25) is 0 Å². The molecule has 1 aliphatic heterocycles. The fraction of sp³-hybridized carbons (Fsp3) is 0.846. The van der Waals surface area contributed by atoms with E-state index in [1.54, 1.807) is 0 Å². The van der Waals surface area contributed by atoms with Crippen LogP contribution in [0.1, 0.15) is 34.6 Å². The van der Waals surface area contributed by atoms with E-state index in [1.165, 1.54) is 0 Å². The van der Waals surface area contributed by atoms with E-state index in [4.69, 9.17) is 4.74 Å². The summed E-state index contributed by atoms with van der Waals surface area (Å²) >= 11 is 0. The van der Waals surface area contributed by atoms with Gasteiger partial charge in [0.1, 0.15) is 0 Å². The molecule has 1 rings (SSSR count). The van der Waals surface area contributed by atoms with Crippen molar-refractivity contribution in [2.75, 3.05) is 32.8 Å². The molecule has 0 amide bonds. The summed E-state index contributed by atoms with van der Waals surface area (Å²) < 4.78 is 5.30. The molecule has 1 aliphatic rings. The molecule has 1 heterocycles. The average molecular weight is 211 g/mol. The van der Waals surface area contributed by atoms with Crippen molar-refractivity contribution in [2.24, 2.45) is 5.41 Å². The van der Waals surface area contributed by atoms with E-state index in [0.29, 0.717) is 0 Å². The summed E-state index contributed by atoms with van der Waals surface area (Å²) in [4.78, 5) is 2.42. The first-order chi connectivity index (χ1) is 7.14. The molecule has 88 valence electrons. The third-order valence-electron chi connectivity index (χ3n) is 2.19. The molecule has 0 aromatic carbocycles. The van der Waals surface area contributed by atoms with Crippen molar-refractivity contribution in [3.63, 3.8) is 0 Å². The number of hydrogen-bond donors (Lipinski definition) is 0. The standard InChI is InChI=1S/C11H19NO.C2H6/c1-4-5-11(2,3)10-12-6-8-13-9-7-12;1-2/h6-10H2,1-3H3;1-2H3. The van der Waals surface area contributed by atoms with Gasteiger partial charge in [0.25, 0.3) is 0 Å². The van der Waals surface area contributed by atoms with Crippen molar-refractivity contribution in [1.82, 2.24) is 4.90 Å². The van der Waals surface area contributed by atoms with Gasteiger partial charge in [0.15, 0.2) is 0 Å². The molecule has 0 unspecified atom stereocenters. The molecule has 0 aromatic heterocycles. The third kappa shape index (κ3) is 6.54. The van der Waals surface area contributed by atoms with E-state index in [9.17, 15) is 0 Å². The largest absolute Gasteiger partial charge is 0.379 e. The SMILES string of the molecule is CC.CC#CC(C)(C)CN1CCOCC1. The van der Waals surface area contributed by atoms with Gasteiger partial charge in [-0.05, 0) is 20.8 Å². The van der Waals surface area contributed by atoms with E-state index in [1.807, 2.05) is 20.8 Å². The molecular weight excluding hydrogens is 186 g/mol. The molecule has 0 bridgehead atoms. The minimum Gasteiger partial charge on any atom is -0.379 e. The lowest BCUT2D eigenvalue weighted by Crippen LogP contribution is -2.41. The Hall–Kier alpha value is -0.520. The number of nitrogens with zero attached hydrogens (tertiary/aromatic N) is 1. The highest BCUT2D eigenvalue weighted by Gasteiger charge is 2.20. The van der Waals surface area contributed by atoms with Crippen molar-refractivity contribution in [1.29, 1.82) is 0 Å². The van der Waals surface area contributed by atoms with Crippen LogP contribution in [0.5, 0.6) is 0 Å². The van der Waals surface area contributed by atoms with Gasteiger partial charge < -0.3 is 4.74 Å². The van der Waals surface area contributed by atoms with Crippen molar-refractivity contribution < 1.29 is 4.74 Å². The van der Waals surface area contributed by atoms with Gasteiger partial charge in [0, 0.05) is 25.0 Å². The van der Waals surface area contributed by atoms with E-state index < -0.39 is 0 Å². The highest BCUT2D eigenvalue weighted by molar-refractivity contribution is 5.07. The second kappa shape index (κ2) is 7.73. The van der Waals surface area contributed by atoms with Gasteiger partial charge in [-0.3, -0.25) is 4.90 Å². The first kappa shape index (κ1) is 14.5. The van der Waals surface area contributed by atoms with Crippen LogP contribution in [0.4, 0.5) is 0 Å². The van der Waals surface area contributed by atoms with Crippen molar-refractivity contribution >= 4 is 0 Å². The summed E-state index contributed by atoms with van der Waals surface area (Å²) in [5.41, 5.74) is 0.117. The molecule has 0 spiro atoms. The lowest BCUT2D eigenvalue weighted by atomic mass is 9.93. The highest BCUT2D eigenvalue weighted by atomic mass is 16.5. The Morgan fingerprint density at radius 3 is 2.20 bits per heavy atom. The van der Waals surface area contributed by atoms with Crippen LogP contribution < -0.4 is 0 Å². The summed E-state index contributed by atoms with van der Waals surface area (Å²) in [6.07, 6.45) is 0. The molecule has 0 atom stereocenters. The van der Waals surface area contributed by atoms with Crippen molar-refractivity contribution in [2.45, 2.75) is 34.6 Å². The van der Waals surface area contributed by atoms with Gasteiger partial charge >= 0.3 is 0 Å². The van der Waals surface area contributed by atoms with Crippen LogP contribution in [-0.2, 0) is 4.74 Å². The monoisotopic (exact) mass is 211 g/mol. The zero-order chi connectivity index (χ0) is 11.7. The lowest BCUT2D eigenvalue weighted by molar-refractivity contribution is 0.0277. The van der Waals surface area contributed by atoms with Crippen LogP contribution in [0.2, 0.25) is 0 Å². The van der Waals surface area contributed by atoms with Gasteiger partial charge in [-0.15, -0.1) is 5.92 Å². The quantitative estimate of drug-likeness (QED) is 0.650. The van der Waals surface area contributed by atoms with Crippen molar-refractivity contribution in [3.8, 4) is 11.8 Å². The maximum atomic E-state index is 5.30. The Morgan fingerprint density at radius 1 is 1.20 bits per heavy atom. The van der Waals surface area contributed by atoms with E-state index in [2.05, 4.69) is 30.6 Å². The Morgan fingerprint density at radius 2 is 1.73 bits per heavy atom. The number of ether oxygens (including phenoxy) is 1. The Bertz CT molecular complexity index is 206. The zero-order valence-corrected chi connectivity index (χ0v) is 10.9. The number of rotatable bonds is 2. The summed E-state index contributed by atoms with van der Waals surface area (Å²) in [5, 5.41) is 0. The Labute approximate surface area is 95.0 Å². The minimum absolute atomic E-state index is 0.117. The van der Waals surface area contributed by atoms with Crippen LogP contribution in [0.15, 0.2) is 0 Å². The summed E-state index contributed by atoms with van der Waals surface area (Å²) in [5.74, 6) is 6.23. The normalized spacial score (nSPS) is 17.1. The number of morpholine rings is 1. The molecule has 0 radical (unpaired) electrons. The molecule has 0 N–H and O–H groups in total. The van der Waals surface area contributed by atoms with Crippen LogP contribution >= 0.6 is 0 Å². The molecule has 2 heteroatoms. The Balaban J connectivity index is 0.000000921. The second-order valence-electron chi connectivity index (χ2n) is 4.15. The van der Waals surface area contributed by atoms with Crippen LogP contribution in [0.25, 0.3) is 0 Å². The number of hydrogen-bond acceptors (Lipinski definition) is 2.